The highest BCUT2D eigenvalue weighted by atomic mass is 16.5. The molecule has 3 aromatic carbocycles. The third kappa shape index (κ3) is 6.29. The van der Waals surface area contributed by atoms with Crippen molar-refractivity contribution < 1.29 is 23.5 Å². The number of hydrogen-bond acceptors (Lipinski definition) is 6. The predicted molar refractivity (Wildman–Crippen MR) is 151 cm³/mol. The quantitative estimate of drug-likeness (QED) is 0.282. The second-order valence-corrected chi connectivity index (χ2v) is 10.1. The molecule has 0 saturated heterocycles. The van der Waals surface area contributed by atoms with E-state index >= 15 is 0 Å². The number of oxazole rings is 1. The summed E-state index contributed by atoms with van der Waals surface area (Å²) >= 11 is 0. The van der Waals surface area contributed by atoms with Crippen molar-refractivity contribution in [2.75, 3.05) is 19.5 Å². The highest BCUT2D eigenvalue weighted by Gasteiger charge is 2.24. The molecule has 0 aliphatic rings. The number of hydrogen-bond donors (Lipinski definition) is 2. The van der Waals surface area contributed by atoms with Crippen LogP contribution in [0.15, 0.2) is 71.1 Å². The summed E-state index contributed by atoms with van der Waals surface area (Å²) in [6.45, 7) is 8.05. The Hall–Kier alpha value is -4.59. The maximum Gasteiger partial charge on any atom is 0.274 e. The Kier molecular flexibility index (Phi) is 8.04. The van der Waals surface area contributed by atoms with E-state index in [4.69, 9.17) is 13.9 Å². The van der Waals surface area contributed by atoms with Crippen molar-refractivity contribution in [3.63, 3.8) is 0 Å². The standard InChI is InChI=1S/C31H33N3O5/c1-19(35)33-23-16-12-20(13-17-23)28-27(29(36)32-18-24-25(37-5)8-7-9-26(24)38-6)34-30(39-28)21-10-14-22(15-11-21)31(2,3)4/h7-17H,18H2,1-6H3,(H,32,36)(H,33,35). The third-order valence-electron chi connectivity index (χ3n) is 6.26. The molecule has 2 amide bonds. The van der Waals surface area contributed by atoms with Gasteiger partial charge in [0.15, 0.2) is 11.5 Å². The van der Waals surface area contributed by atoms with Crippen LogP contribution in [0.2, 0.25) is 0 Å². The fraction of sp³-hybridized carbons (Fsp3) is 0.258. The fourth-order valence-corrected chi connectivity index (χ4v) is 4.17. The van der Waals surface area contributed by atoms with Gasteiger partial charge in [-0.1, -0.05) is 39.0 Å². The van der Waals surface area contributed by atoms with Gasteiger partial charge in [-0.15, -0.1) is 0 Å². The van der Waals surface area contributed by atoms with Gasteiger partial charge in [-0.3, -0.25) is 9.59 Å². The molecule has 1 aromatic heterocycles. The van der Waals surface area contributed by atoms with Crippen LogP contribution in [-0.4, -0.2) is 31.0 Å². The Morgan fingerprint density at radius 1 is 0.872 bits per heavy atom. The molecule has 1 heterocycles. The van der Waals surface area contributed by atoms with Crippen LogP contribution in [0.1, 0.15) is 49.3 Å². The van der Waals surface area contributed by atoms with Gasteiger partial charge in [0.1, 0.15) is 11.5 Å². The number of carbonyl (C=O) groups excluding carboxylic acids is 2. The first-order valence-electron chi connectivity index (χ1n) is 12.6. The Morgan fingerprint density at radius 3 is 2.00 bits per heavy atom. The topological polar surface area (TPSA) is 103 Å². The maximum atomic E-state index is 13.5. The smallest absolute Gasteiger partial charge is 0.274 e. The lowest BCUT2D eigenvalue weighted by molar-refractivity contribution is -0.114. The minimum atomic E-state index is -0.412. The minimum Gasteiger partial charge on any atom is -0.496 e. The van der Waals surface area contributed by atoms with Gasteiger partial charge in [-0.25, -0.2) is 4.98 Å². The average molecular weight is 528 g/mol. The Morgan fingerprint density at radius 2 is 1.46 bits per heavy atom. The summed E-state index contributed by atoms with van der Waals surface area (Å²) in [7, 11) is 3.13. The molecule has 0 aliphatic carbocycles. The molecule has 0 radical (unpaired) electrons. The van der Waals surface area contributed by atoms with E-state index in [1.807, 2.05) is 42.5 Å². The van der Waals surface area contributed by atoms with Crippen LogP contribution in [0.25, 0.3) is 22.8 Å². The number of anilines is 1. The molecule has 2 N–H and O–H groups in total. The van der Waals surface area contributed by atoms with Gasteiger partial charge >= 0.3 is 0 Å². The summed E-state index contributed by atoms with van der Waals surface area (Å²) in [6, 6.07) is 20.4. The fourth-order valence-electron chi connectivity index (χ4n) is 4.17. The molecule has 0 aliphatic heterocycles. The van der Waals surface area contributed by atoms with E-state index in [0.717, 1.165) is 5.56 Å². The largest absolute Gasteiger partial charge is 0.496 e. The van der Waals surface area contributed by atoms with Gasteiger partial charge in [0.2, 0.25) is 11.8 Å². The Balaban J connectivity index is 1.70. The van der Waals surface area contributed by atoms with Crippen LogP contribution in [0.4, 0.5) is 5.69 Å². The number of nitrogens with zero attached hydrogens (tertiary/aromatic N) is 1. The molecule has 8 nitrogen and oxygen atoms in total. The highest BCUT2D eigenvalue weighted by molar-refractivity contribution is 5.98. The van der Waals surface area contributed by atoms with Gasteiger partial charge in [0, 0.05) is 23.7 Å². The van der Waals surface area contributed by atoms with Crippen molar-refractivity contribution in [3.05, 3.63) is 83.6 Å². The molecule has 0 saturated carbocycles. The van der Waals surface area contributed by atoms with Crippen LogP contribution in [0, 0.1) is 0 Å². The Bertz CT molecular complexity index is 1440. The first-order chi connectivity index (χ1) is 18.6. The summed E-state index contributed by atoms with van der Waals surface area (Å²) in [5.41, 5.74) is 4.07. The zero-order valence-electron chi connectivity index (χ0n) is 23.0. The molecule has 0 spiro atoms. The first kappa shape index (κ1) is 27.4. The van der Waals surface area contributed by atoms with E-state index < -0.39 is 5.91 Å². The van der Waals surface area contributed by atoms with E-state index in [9.17, 15) is 9.59 Å². The van der Waals surface area contributed by atoms with E-state index in [1.165, 1.54) is 12.5 Å². The normalized spacial score (nSPS) is 11.1. The molecule has 0 bridgehead atoms. The molecule has 0 unspecified atom stereocenters. The number of benzene rings is 3. The lowest BCUT2D eigenvalue weighted by Crippen LogP contribution is -2.24. The monoisotopic (exact) mass is 527 g/mol. The van der Waals surface area contributed by atoms with Crippen LogP contribution >= 0.6 is 0 Å². The van der Waals surface area contributed by atoms with Crippen LogP contribution < -0.4 is 20.1 Å². The van der Waals surface area contributed by atoms with E-state index in [1.54, 1.807) is 38.5 Å². The number of nitrogens with one attached hydrogen (secondary N) is 2. The van der Waals surface area contributed by atoms with E-state index in [-0.39, 0.29) is 23.6 Å². The second-order valence-electron chi connectivity index (χ2n) is 10.1. The molecule has 39 heavy (non-hydrogen) atoms. The number of aromatic nitrogens is 1. The zero-order chi connectivity index (χ0) is 28.2. The molecular weight excluding hydrogens is 494 g/mol. The zero-order valence-corrected chi connectivity index (χ0v) is 23.0. The van der Waals surface area contributed by atoms with Gasteiger partial charge in [-0.2, -0.15) is 0 Å². The van der Waals surface area contributed by atoms with Crippen LogP contribution in [0.5, 0.6) is 11.5 Å². The lowest BCUT2D eigenvalue weighted by Gasteiger charge is -2.18. The summed E-state index contributed by atoms with van der Waals surface area (Å²) in [6.07, 6.45) is 0. The van der Waals surface area contributed by atoms with Crippen LogP contribution in [0.3, 0.4) is 0 Å². The molecule has 4 aromatic rings. The summed E-state index contributed by atoms with van der Waals surface area (Å²) < 4.78 is 17.1. The van der Waals surface area contributed by atoms with E-state index in [2.05, 4.69) is 36.4 Å². The maximum absolute atomic E-state index is 13.5. The Labute approximate surface area is 228 Å². The summed E-state index contributed by atoms with van der Waals surface area (Å²) in [4.78, 5) is 29.5. The predicted octanol–water partition coefficient (Wildman–Crippen LogP) is 6.21. The van der Waals surface area contributed by atoms with Crippen LogP contribution in [-0.2, 0) is 16.8 Å². The van der Waals surface area contributed by atoms with Crippen molar-refractivity contribution in [3.8, 4) is 34.3 Å². The number of methoxy groups -OCH3 is 2. The third-order valence-corrected chi connectivity index (χ3v) is 6.26. The lowest BCUT2D eigenvalue weighted by atomic mass is 9.87. The van der Waals surface area contributed by atoms with Gasteiger partial charge in [-0.05, 0) is 59.5 Å². The molecule has 4 rings (SSSR count). The first-order valence-corrected chi connectivity index (χ1v) is 12.6. The minimum absolute atomic E-state index is 0.000530. The number of rotatable bonds is 8. The SMILES string of the molecule is COc1cccc(OC)c1CNC(=O)c1nc(-c2ccc(C(C)(C)C)cc2)oc1-c1ccc(NC(C)=O)cc1. The van der Waals surface area contributed by atoms with Gasteiger partial charge in [0.25, 0.3) is 5.91 Å². The van der Waals surface area contributed by atoms with Crippen molar-refractivity contribution >= 4 is 17.5 Å². The molecular formula is C31H33N3O5. The van der Waals surface area contributed by atoms with Crippen molar-refractivity contribution in [2.45, 2.75) is 39.7 Å². The van der Waals surface area contributed by atoms with Crippen molar-refractivity contribution in [2.24, 2.45) is 0 Å². The highest BCUT2D eigenvalue weighted by Crippen LogP contribution is 2.33. The molecule has 8 heteroatoms. The van der Waals surface area contributed by atoms with Gasteiger partial charge in [0.05, 0.1) is 26.3 Å². The molecule has 0 atom stereocenters. The second kappa shape index (κ2) is 11.4. The summed E-state index contributed by atoms with van der Waals surface area (Å²) in [5.74, 6) is 1.27. The molecule has 0 fully saturated rings. The molecule has 202 valence electrons. The van der Waals surface area contributed by atoms with Crippen molar-refractivity contribution in [1.82, 2.24) is 10.3 Å². The number of ether oxygens (including phenoxy) is 2. The number of amides is 2. The van der Waals surface area contributed by atoms with Crippen molar-refractivity contribution in [1.29, 1.82) is 0 Å². The van der Waals surface area contributed by atoms with Gasteiger partial charge < -0.3 is 24.5 Å². The van der Waals surface area contributed by atoms with E-state index in [0.29, 0.717) is 40.0 Å². The average Bonchev–Trinajstić information content (AvgIpc) is 3.37. The number of carbonyl (C=O) groups is 2. The summed E-state index contributed by atoms with van der Waals surface area (Å²) in [5, 5.41) is 5.67.